The zero-order valence-corrected chi connectivity index (χ0v) is 11.7. The number of hydrogen-bond acceptors (Lipinski definition) is 2. The highest BCUT2D eigenvalue weighted by Gasteiger charge is 2.35. The minimum atomic E-state index is -0.961. The van der Waals surface area contributed by atoms with Gasteiger partial charge >= 0.3 is 12.0 Å². The van der Waals surface area contributed by atoms with Crippen LogP contribution in [0, 0.1) is 17.8 Å². The van der Waals surface area contributed by atoms with E-state index in [1.54, 1.807) is 11.9 Å². The Morgan fingerprint density at radius 3 is 2.33 bits per heavy atom. The quantitative estimate of drug-likeness (QED) is 0.787. The van der Waals surface area contributed by atoms with Crippen LogP contribution in [0.15, 0.2) is 0 Å². The molecule has 1 aliphatic rings. The number of carboxylic acid groups (broad SMARTS) is 1. The van der Waals surface area contributed by atoms with Crippen molar-refractivity contribution in [1.29, 1.82) is 0 Å². The maximum absolute atomic E-state index is 12.2. The lowest BCUT2D eigenvalue weighted by Gasteiger charge is -2.28. The van der Waals surface area contributed by atoms with Gasteiger partial charge in [-0.25, -0.2) is 4.79 Å². The van der Waals surface area contributed by atoms with E-state index in [9.17, 15) is 9.59 Å². The topological polar surface area (TPSA) is 60.9 Å². The van der Waals surface area contributed by atoms with Gasteiger partial charge < -0.3 is 14.9 Å². The average molecular weight is 256 g/mol. The standard InChI is InChI=1S/C13H24N2O3/c1-9(2)6-15(8-12(16)17)13(18)14(4)7-11-5-10(11)3/h9-11H,5-8H2,1-4H3,(H,16,17). The lowest BCUT2D eigenvalue weighted by Crippen LogP contribution is -2.45. The third-order valence-corrected chi connectivity index (χ3v) is 3.29. The van der Waals surface area contributed by atoms with Crippen LogP contribution in [0.4, 0.5) is 4.79 Å². The molecule has 0 aromatic rings. The van der Waals surface area contributed by atoms with E-state index in [4.69, 9.17) is 5.11 Å². The van der Waals surface area contributed by atoms with Gasteiger partial charge in [-0.1, -0.05) is 20.8 Å². The molecule has 0 heterocycles. The van der Waals surface area contributed by atoms with Crippen LogP contribution in [0.25, 0.3) is 0 Å². The first-order chi connectivity index (χ1) is 8.31. The summed E-state index contributed by atoms with van der Waals surface area (Å²) in [4.78, 5) is 26.0. The van der Waals surface area contributed by atoms with Gasteiger partial charge in [0.15, 0.2) is 0 Å². The van der Waals surface area contributed by atoms with Crippen LogP contribution in [-0.4, -0.2) is 53.6 Å². The van der Waals surface area contributed by atoms with Gasteiger partial charge in [-0.05, 0) is 24.2 Å². The van der Waals surface area contributed by atoms with Crippen molar-refractivity contribution < 1.29 is 14.7 Å². The molecule has 2 unspecified atom stereocenters. The molecule has 1 saturated carbocycles. The van der Waals surface area contributed by atoms with E-state index in [0.717, 1.165) is 6.54 Å². The summed E-state index contributed by atoms with van der Waals surface area (Å²) in [6.45, 7) is 7.12. The van der Waals surface area contributed by atoms with Gasteiger partial charge in [0, 0.05) is 20.1 Å². The Bertz CT molecular complexity index is 317. The summed E-state index contributed by atoms with van der Waals surface area (Å²) in [5.74, 6) is 0.585. The second-order valence-electron chi connectivity index (χ2n) is 5.80. The van der Waals surface area contributed by atoms with Crippen LogP contribution in [-0.2, 0) is 4.79 Å². The highest BCUT2D eigenvalue weighted by molar-refractivity contribution is 5.80. The summed E-state index contributed by atoms with van der Waals surface area (Å²) >= 11 is 0. The van der Waals surface area contributed by atoms with Crippen LogP contribution < -0.4 is 0 Å². The number of amides is 2. The molecule has 104 valence electrons. The third kappa shape index (κ3) is 4.55. The zero-order chi connectivity index (χ0) is 13.9. The van der Waals surface area contributed by atoms with Crippen molar-refractivity contribution in [3.05, 3.63) is 0 Å². The molecule has 0 aromatic carbocycles. The molecule has 0 aromatic heterocycles. The molecule has 0 aliphatic heterocycles. The van der Waals surface area contributed by atoms with E-state index in [-0.39, 0.29) is 18.5 Å². The van der Waals surface area contributed by atoms with Gasteiger partial charge in [-0.3, -0.25) is 4.79 Å². The highest BCUT2D eigenvalue weighted by Crippen LogP contribution is 2.38. The molecule has 0 saturated heterocycles. The molecule has 0 bridgehead atoms. The Labute approximate surface area is 109 Å². The molecule has 1 rings (SSSR count). The van der Waals surface area contributed by atoms with Crippen molar-refractivity contribution in [2.24, 2.45) is 17.8 Å². The fourth-order valence-corrected chi connectivity index (χ4v) is 2.14. The smallest absolute Gasteiger partial charge is 0.323 e. The van der Waals surface area contributed by atoms with Crippen molar-refractivity contribution in [2.45, 2.75) is 27.2 Å². The van der Waals surface area contributed by atoms with Crippen LogP contribution in [0.2, 0.25) is 0 Å². The summed E-state index contributed by atoms with van der Waals surface area (Å²) in [6.07, 6.45) is 1.17. The minimum Gasteiger partial charge on any atom is -0.480 e. The van der Waals surface area contributed by atoms with E-state index in [1.807, 2.05) is 13.8 Å². The number of aliphatic carboxylic acids is 1. The van der Waals surface area contributed by atoms with Crippen LogP contribution >= 0.6 is 0 Å². The fourth-order valence-electron chi connectivity index (χ4n) is 2.14. The fraction of sp³-hybridized carbons (Fsp3) is 0.846. The van der Waals surface area contributed by atoms with Crippen molar-refractivity contribution in [2.75, 3.05) is 26.7 Å². The lowest BCUT2D eigenvalue weighted by atomic mass is 10.2. The molecule has 5 heteroatoms. The maximum Gasteiger partial charge on any atom is 0.323 e. The number of hydrogen-bond donors (Lipinski definition) is 1. The van der Waals surface area contributed by atoms with Crippen molar-refractivity contribution in [1.82, 2.24) is 9.80 Å². The van der Waals surface area contributed by atoms with Crippen molar-refractivity contribution in [3.8, 4) is 0 Å². The Morgan fingerprint density at radius 2 is 1.94 bits per heavy atom. The van der Waals surface area contributed by atoms with Crippen LogP contribution in [0.5, 0.6) is 0 Å². The maximum atomic E-state index is 12.2. The number of carbonyl (C=O) groups excluding carboxylic acids is 1. The van der Waals surface area contributed by atoms with Gasteiger partial charge in [-0.15, -0.1) is 0 Å². The van der Waals surface area contributed by atoms with Gasteiger partial charge in [0.2, 0.25) is 0 Å². The molecule has 0 radical (unpaired) electrons. The summed E-state index contributed by atoms with van der Waals surface area (Å²) < 4.78 is 0. The molecule has 1 N–H and O–H groups in total. The zero-order valence-electron chi connectivity index (χ0n) is 11.7. The molecule has 5 nitrogen and oxygen atoms in total. The van der Waals surface area contributed by atoms with Crippen molar-refractivity contribution in [3.63, 3.8) is 0 Å². The van der Waals surface area contributed by atoms with Gasteiger partial charge in [0.25, 0.3) is 0 Å². The van der Waals surface area contributed by atoms with Crippen LogP contribution in [0.1, 0.15) is 27.2 Å². The third-order valence-electron chi connectivity index (χ3n) is 3.29. The number of nitrogens with zero attached hydrogens (tertiary/aromatic N) is 2. The normalized spacial score (nSPS) is 21.8. The van der Waals surface area contributed by atoms with E-state index >= 15 is 0 Å². The molecule has 1 fully saturated rings. The molecular formula is C13H24N2O3. The minimum absolute atomic E-state index is 0.176. The van der Waals surface area contributed by atoms with Gasteiger partial charge in [0.1, 0.15) is 6.54 Å². The first-order valence-corrected chi connectivity index (χ1v) is 6.53. The van der Waals surface area contributed by atoms with Crippen molar-refractivity contribution >= 4 is 12.0 Å². The number of carboxylic acids is 1. The van der Waals surface area contributed by atoms with Gasteiger partial charge in [0.05, 0.1) is 0 Å². The molecule has 2 amide bonds. The first kappa shape index (κ1) is 14.8. The van der Waals surface area contributed by atoms with E-state index < -0.39 is 5.97 Å². The molecule has 2 atom stereocenters. The van der Waals surface area contributed by atoms with Gasteiger partial charge in [-0.2, -0.15) is 0 Å². The summed E-state index contributed by atoms with van der Waals surface area (Å²) in [5, 5.41) is 8.85. The number of rotatable bonds is 6. The Balaban J connectivity index is 2.53. The molecule has 18 heavy (non-hydrogen) atoms. The monoisotopic (exact) mass is 256 g/mol. The molecular weight excluding hydrogens is 232 g/mol. The Kier molecular flexibility index (Phi) is 4.99. The Hall–Kier alpha value is -1.26. The number of urea groups is 1. The van der Waals surface area contributed by atoms with Crippen LogP contribution in [0.3, 0.4) is 0 Å². The first-order valence-electron chi connectivity index (χ1n) is 6.53. The highest BCUT2D eigenvalue weighted by atomic mass is 16.4. The second-order valence-corrected chi connectivity index (χ2v) is 5.80. The number of carbonyl (C=O) groups is 2. The lowest BCUT2D eigenvalue weighted by molar-refractivity contribution is -0.137. The van der Waals surface area contributed by atoms with E-state index in [2.05, 4.69) is 6.92 Å². The SMILES string of the molecule is CC(C)CN(CC(=O)O)C(=O)N(C)CC1CC1C. The van der Waals surface area contributed by atoms with E-state index in [0.29, 0.717) is 18.4 Å². The summed E-state index contributed by atoms with van der Waals surface area (Å²) in [7, 11) is 1.75. The average Bonchev–Trinajstić information content (AvgIpc) is 2.90. The largest absolute Gasteiger partial charge is 0.480 e. The predicted molar refractivity (Wildman–Crippen MR) is 69.3 cm³/mol. The molecule has 0 spiro atoms. The summed E-state index contributed by atoms with van der Waals surface area (Å²) in [6, 6.07) is -0.176. The predicted octanol–water partition coefficient (Wildman–Crippen LogP) is 1.74. The second kappa shape index (κ2) is 6.07. The summed E-state index contributed by atoms with van der Waals surface area (Å²) in [5.41, 5.74) is 0. The molecule has 1 aliphatic carbocycles. The Morgan fingerprint density at radius 1 is 1.39 bits per heavy atom. The van der Waals surface area contributed by atoms with E-state index in [1.165, 1.54) is 11.3 Å².